The van der Waals surface area contributed by atoms with E-state index in [1.54, 1.807) is 0 Å². The van der Waals surface area contributed by atoms with Gasteiger partial charge in [-0.2, -0.15) is 13.2 Å². The lowest BCUT2D eigenvalue weighted by Crippen LogP contribution is -2.52. The lowest BCUT2D eigenvalue weighted by molar-refractivity contribution is -0.238. The van der Waals surface area contributed by atoms with Crippen LogP contribution in [0.15, 0.2) is 24.3 Å². The molecule has 0 radical (unpaired) electrons. The molecule has 11 heteroatoms. The molecule has 0 aromatic heterocycles. The van der Waals surface area contributed by atoms with Crippen LogP contribution >= 0.6 is 0 Å². The number of nitrogens with one attached hydrogen (secondary N) is 1. The van der Waals surface area contributed by atoms with Crippen molar-refractivity contribution < 1.29 is 46.6 Å². The third kappa shape index (κ3) is 6.19. The molecular formula is C20H22F3NO7. The monoisotopic (exact) mass is 445 g/mol. The fraction of sp³-hybridized carbons (Fsp3) is 0.500. The second-order valence-corrected chi connectivity index (χ2v) is 8.28. The number of hydrogen-bond acceptors (Lipinski definition) is 7. The highest BCUT2D eigenvalue weighted by molar-refractivity contribution is 6.17. The van der Waals surface area contributed by atoms with Gasteiger partial charge >= 0.3 is 24.2 Å². The Balaban J connectivity index is 2.45. The van der Waals surface area contributed by atoms with E-state index in [0.29, 0.717) is 6.07 Å². The number of carbonyl (C=O) groups excluding carboxylic acids is 4. The van der Waals surface area contributed by atoms with Gasteiger partial charge in [-0.05, 0) is 38.5 Å². The first-order valence-electron chi connectivity index (χ1n) is 9.16. The molecule has 1 aliphatic rings. The van der Waals surface area contributed by atoms with E-state index >= 15 is 0 Å². The largest absolute Gasteiger partial charge is 0.444 e. The number of halogens is 3. The number of esters is 2. The van der Waals surface area contributed by atoms with Gasteiger partial charge in [0.25, 0.3) is 5.79 Å². The normalized spacial score (nSPS) is 17.9. The van der Waals surface area contributed by atoms with Crippen molar-refractivity contribution in [2.75, 3.05) is 0 Å². The minimum atomic E-state index is -4.73. The number of cyclic esters (lactones) is 2. The van der Waals surface area contributed by atoms with Gasteiger partial charge in [-0.1, -0.05) is 12.1 Å². The minimum absolute atomic E-state index is 0.309. The molecule has 0 saturated carbocycles. The molecule has 2 rings (SSSR count). The first-order valence-corrected chi connectivity index (χ1v) is 9.16. The second kappa shape index (κ2) is 8.20. The van der Waals surface area contributed by atoms with Crippen LogP contribution in [0.3, 0.4) is 0 Å². The molecule has 1 amide bonds. The Morgan fingerprint density at radius 3 is 2.13 bits per heavy atom. The molecule has 31 heavy (non-hydrogen) atoms. The Labute approximate surface area is 176 Å². The van der Waals surface area contributed by atoms with Crippen molar-refractivity contribution in [1.29, 1.82) is 0 Å². The Morgan fingerprint density at radius 2 is 1.65 bits per heavy atom. The van der Waals surface area contributed by atoms with Gasteiger partial charge in [-0.25, -0.2) is 4.79 Å². The van der Waals surface area contributed by atoms with Gasteiger partial charge in [0, 0.05) is 13.8 Å². The molecule has 8 nitrogen and oxygen atoms in total. The number of alkyl halides is 3. The zero-order valence-corrected chi connectivity index (χ0v) is 17.5. The van der Waals surface area contributed by atoms with Crippen LogP contribution in [0, 0.1) is 5.92 Å². The fourth-order valence-electron chi connectivity index (χ4n) is 2.76. The Morgan fingerprint density at radius 1 is 1.10 bits per heavy atom. The molecule has 1 atom stereocenters. The van der Waals surface area contributed by atoms with Crippen LogP contribution in [-0.2, 0) is 34.8 Å². The number of rotatable bonds is 4. The number of hydrogen-bond donors (Lipinski definition) is 1. The number of ketones is 1. The van der Waals surface area contributed by atoms with Crippen LogP contribution in [0.5, 0.6) is 0 Å². The topological polar surface area (TPSA) is 108 Å². The highest BCUT2D eigenvalue weighted by atomic mass is 19.4. The average Bonchev–Trinajstić information content (AvgIpc) is 2.55. The van der Waals surface area contributed by atoms with E-state index in [-0.39, 0.29) is 5.56 Å². The molecule has 0 spiro atoms. The minimum Gasteiger partial charge on any atom is -0.444 e. The van der Waals surface area contributed by atoms with Crippen molar-refractivity contribution >= 4 is 23.8 Å². The Hall–Kier alpha value is -3.11. The van der Waals surface area contributed by atoms with Gasteiger partial charge in [0.1, 0.15) is 11.6 Å². The summed E-state index contributed by atoms with van der Waals surface area (Å²) in [7, 11) is 0. The van der Waals surface area contributed by atoms with Crippen molar-refractivity contribution in [1.82, 2.24) is 5.32 Å². The molecule has 1 aliphatic heterocycles. The maximum absolute atomic E-state index is 13.1. The van der Waals surface area contributed by atoms with Crippen molar-refractivity contribution in [3.05, 3.63) is 35.4 Å². The Bertz CT molecular complexity index is 883. The predicted molar refractivity (Wildman–Crippen MR) is 98.3 cm³/mol. The van der Waals surface area contributed by atoms with Crippen molar-refractivity contribution in [2.45, 2.75) is 58.2 Å². The smallest absolute Gasteiger partial charge is 0.416 e. The van der Waals surface area contributed by atoms with Gasteiger partial charge < -0.3 is 19.5 Å². The lowest BCUT2D eigenvalue weighted by Gasteiger charge is -2.33. The summed E-state index contributed by atoms with van der Waals surface area (Å²) in [5.41, 5.74) is -2.39. The zero-order valence-electron chi connectivity index (χ0n) is 17.5. The van der Waals surface area contributed by atoms with E-state index < -0.39 is 58.9 Å². The second-order valence-electron chi connectivity index (χ2n) is 8.28. The maximum Gasteiger partial charge on any atom is 0.416 e. The van der Waals surface area contributed by atoms with Crippen LogP contribution in [0.4, 0.5) is 18.0 Å². The number of benzene rings is 1. The van der Waals surface area contributed by atoms with Crippen molar-refractivity contribution in [3.8, 4) is 0 Å². The lowest BCUT2D eigenvalue weighted by atomic mass is 9.91. The van der Waals surface area contributed by atoms with Gasteiger partial charge in [0.15, 0.2) is 5.78 Å². The number of ether oxygens (including phenoxy) is 3. The summed E-state index contributed by atoms with van der Waals surface area (Å²) in [6.45, 7) is 7.14. The molecule has 1 N–H and O–H groups in total. The summed E-state index contributed by atoms with van der Waals surface area (Å²) >= 11 is 0. The fourth-order valence-corrected chi connectivity index (χ4v) is 2.76. The van der Waals surface area contributed by atoms with Crippen molar-refractivity contribution in [2.24, 2.45) is 5.92 Å². The first kappa shape index (κ1) is 24.2. The highest BCUT2D eigenvalue weighted by Gasteiger charge is 2.50. The van der Waals surface area contributed by atoms with E-state index in [4.69, 9.17) is 14.2 Å². The molecule has 170 valence electrons. The molecule has 1 saturated heterocycles. The third-order valence-corrected chi connectivity index (χ3v) is 3.94. The molecule has 1 heterocycles. The van der Waals surface area contributed by atoms with Gasteiger partial charge in [-0.15, -0.1) is 0 Å². The van der Waals surface area contributed by atoms with Crippen LogP contribution in [0.1, 0.15) is 51.8 Å². The molecule has 0 aliphatic carbocycles. The summed E-state index contributed by atoms with van der Waals surface area (Å²) in [5.74, 6) is -7.42. The Kier molecular flexibility index (Phi) is 6.39. The summed E-state index contributed by atoms with van der Waals surface area (Å²) in [5, 5.41) is 2.13. The summed E-state index contributed by atoms with van der Waals surface area (Å²) in [4.78, 5) is 49.8. The van der Waals surface area contributed by atoms with E-state index in [0.717, 1.165) is 18.2 Å². The van der Waals surface area contributed by atoms with E-state index in [1.165, 1.54) is 34.6 Å². The number of carbonyl (C=O) groups is 4. The van der Waals surface area contributed by atoms with E-state index in [2.05, 4.69) is 5.32 Å². The van der Waals surface area contributed by atoms with Crippen LogP contribution in [0.25, 0.3) is 0 Å². The summed E-state index contributed by atoms with van der Waals surface area (Å²) in [6.07, 6.45) is -5.87. The molecule has 1 aromatic carbocycles. The molecular weight excluding hydrogens is 423 g/mol. The van der Waals surface area contributed by atoms with Crippen molar-refractivity contribution in [3.63, 3.8) is 0 Å². The number of amides is 1. The van der Waals surface area contributed by atoms with Crippen LogP contribution < -0.4 is 5.32 Å². The standard InChI is InChI=1S/C20H22F3NO7/c1-18(2,3)31-17(28)24-13(10-7-6-8-11(9-10)20(21,22)23)14(25)12-15(26)29-19(4,5)30-16(12)27/h6-9,12-13H,1-5H3,(H,24,28)/t13-/m0/s1. The zero-order chi connectivity index (χ0) is 23.8. The molecule has 0 bridgehead atoms. The van der Waals surface area contributed by atoms with Crippen LogP contribution in [-0.4, -0.2) is 35.2 Å². The van der Waals surface area contributed by atoms with E-state index in [9.17, 15) is 32.3 Å². The predicted octanol–water partition coefficient (Wildman–Crippen LogP) is 3.29. The summed E-state index contributed by atoms with van der Waals surface area (Å²) in [6, 6.07) is 1.74. The third-order valence-electron chi connectivity index (χ3n) is 3.94. The molecule has 1 aromatic rings. The maximum atomic E-state index is 13.1. The molecule has 1 fully saturated rings. The highest BCUT2D eigenvalue weighted by Crippen LogP contribution is 2.33. The van der Waals surface area contributed by atoms with Gasteiger partial charge in [-0.3, -0.25) is 14.4 Å². The summed E-state index contributed by atoms with van der Waals surface area (Å²) < 4.78 is 54.3. The number of Topliss-reactive ketones (excluding diaryl/α,β-unsaturated/α-hetero) is 1. The SMILES string of the molecule is CC(C)(C)OC(=O)N[C@H](C(=O)C1C(=O)OC(C)(C)OC1=O)c1cccc(C(F)(F)F)c1. The number of alkyl carbamates (subject to hydrolysis) is 1. The quantitative estimate of drug-likeness (QED) is 0.560. The first-order chi connectivity index (χ1) is 14.0. The van der Waals surface area contributed by atoms with E-state index in [1.807, 2.05) is 0 Å². The van der Waals surface area contributed by atoms with Gasteiger partial charge in [0.05, 0.1) is 5.56 Å². The van der Waals surface area contributed by atoms with Crippen LogP contribution in [0.2, 0.25) is 0 Å². The average molecular weight is 445 g/mol. The van der Waals surface area contributed by atoms with Gasteiger partial charge in [0.2, 0.25) is 5.92 Å². The molecule has 0 unspecified atom stereocenters.